The summed E-state index contributed by atoms with van der Waals surface area (Å²) in [5, 5.41) is 0.939. The predicted molar refractivity (Wildman–Crippen MR) is 98.6 cm³/mol. The molecule has 4 aromatic rings. The molecule has 1 fully saturated rings. The van der Waals surface area contributed by atoms with E-state index in [1.54, 1.807) is 23.9 Å². The largest absolute Gasteiger partial charge is 0.329 e. The Morgan fingerprint density at radius 1 is 1.08 bits per heavy atom. The highest BCUT2D eigenvalue weighted by Crippen LogP contribution is 2.35. The minimum absolute atomic E-state index is 0.00727. The van der Waals surface area contributed by atoms with E-state index in [0.29, 0.717) is 0 Å². The topological polar surface area (TPSA) is 52.7 Å². The molecule has 6 heteroatoms. The summed E-state index contributed by atoms with van der Waals surface area (Å²) in [6, 6.07) is 9.23. The first-order valence-electron chi connectivity index (χ1n) is 8.75. The van der Waals surface area contributed by atoms with Gasteiger partial charge in [0, 0.05) is 30.2 Å². The second kappa shape index (κ2) is 5.49. The van der Waals surface area contributed by atoms with E-state index >= 15 is 0 Å². The van der Waals surface area contributed by atoms with Crippen molar-refractivity contribution in [2.24, 2.45) is 7.05 Å². The third-order valence-corrected chi connectivity index (χ3v) is 5.42. The Balaban J connectivity index is 1.83. The van der Waals surface area contributed by atoms with E-state index in [1.807, 2.05) is 22.8 Å². The van der Waals surface area contributed by atoms with Crippen molar-refractivity contribution in [2.75, 3.05) is 0 Å². The van der Waals surface area contributed by atoms with Gasteiger partial charge in [0.05, 0.1) is 22.7 Å². The highest BCUT2D eigenvalue weighted by atomic mass is 19.1. The summed E-state index contributed by atoms with van der Waals surface area (Å²) in [6.45, 7) is 0. The van der Waals surface area contributed by atoms with Gasteiger partial charge in [0.2, 0.25) is 5.95 Å². The van der Waals surface area contributed by atoms with Gasteiger partial charge in [-0.05, 0) is 49.1 Å². The number of halogens is 1. The molecule has 1 aliphatic carbocycles. The summed E-state index contributed by atoms with van der Waals surface area (Å²) in [7, 11) is 1.79. The van der Waals surface area contributed by atoms with Crippen molar-refractivity contribution in [1.29, 1.82) is 0 Å². The second-order valence-corrected chi connectivity index (χ2v) is 6.89. The Bertz CT molecular complexity index is 1200. The van der Waals surface area contributed by atoms with Crippen molar-refractivity contribution in [3.63, 3.8) is 0 Å². The van der Waals surface area contributed by atoms with Crippen LogP contribution in [0.3, 0.4) is 0 Å². The lowest BCUT2D eigenvalue weighted by molar-refractivity contribution is 0.312. The van der Waals surface area contributed by atoms with Crippen molar-refractivity contribution in [3.05, 3.63) is 59.2 Å². The van der Waals surface area contributed by atoms with E-state index in [0.717, 1.165) is 52.3 Å². The van der Waals surface area contributed by atoms with Crippen LogP contribution in [0.15, 0.2) is 47.5 Å². The molecule has 3 aromatic heterocycles. The number of aromatic nitrogens is 4. The van der Waals surface area contributed by atoms with Crippen LogP contribution < -0.4 is 5.69 Å². The lowest BCUT2D eigenvalue weighted by Gasteiger charge is -2.27. The highest BCUT2D eigenvalue weighted by Gasteiger charge is 2.26. The minimum atomic E-state index is -0.500. The third-order valence-electron chi connectivity index (χ3n) is 5.42. The molecule has 1 saturated carbocycles. The molecule has 0 unspecified atom stereocenters. The molecule has 0 atom stereocenters. The van der Waals surface area contributed by atoms with Crippen molar-refractivity contribution in [2.45, 2.75) is 25.3 Å². The van der Waals surface area contributed by atoms with Gasteiger partial charge in [-0.25, -0.2) is 9.78 Å². The smallest absolute Gasteiger partial charge is 0.293 e. The molecule has 5 nitrogen and oxygen atoms in total. The van der Waals surface area contributed by atoms with Crippen molar-refractivity contribution in [1.82, 2.24) is 19.1 Å². The Kier molecular flexibility index (Phi) is 3.22. The maximum absolute atomic E-state index is 13.1. The molecule has 0 radical (unpaired) electrons. The number of fused-ring (bicyclic) bond motifs is 3. The molecule has 0 bridgehead atoms. The standard InChI is InChI=1S/C20H17FN4O/c1-24-17-11-22-16-7-5-12(13-6-8-18(21)23-10-13)9-15(16)19(17)25(20(24)26)14-3-2-4-14/h5-11,14H,2-4H2,1H3. The summed E-state index contributed by atoms with van der Waals surface area (Å²) in [4.78, 5) is 21.1. The molecular formula is C20H17FN4O. The zero-order valence-electron chi connectivity index (χ0n) is 14.3. The number of aryl methyl sites for hydroxylation is 1. The van der Waals surface area contributed by atoms with Gasteiger partial charge in [0.15, 0.2) is 0 Å². The Hall–Kier alpha value is -3.02. The van der Waals surface area contributed by atoms with Crippen molar-refractivity contribution >= 4 is 21.9 Å². The Morgan fingerprint density at radius 3 is 2.58 bits per heavy atom. The maximum Gasteiger partial charge on any atom is 0.329 e. The van der Waals surface area contributed by atoms with Crippen LogP contribution in [-0.4, -0.2) is 19.1 Å². The molecular weight excluding hydrogens is 331 g/mol. The van der Waals surface area contributed by atoms with E-state index < -0.39 is 5.95 Å². The van der Waals surface area contributed by atoms with Crippen molar-refractivity contribution < 1.29 is 4.39 Å². The van der Waals surface area contributed by atoms with Crippen LogP contribution >= 0.6 is 0 Å². The molecule has 0 spiro atoms. The molecule has 0 aliphatic heterocycles. The van der Waals surface area contributed by atoms with Gasteiger partial charge in [-0.15, -0.1) is 0 Å². The first-order valence-corrected chi connectivity index (χ1v) is 8.75. The molecule has 0 N–H and O–H groups in total. The average Bonchev–Trinajstić information content (AvgIpc) is 2.86. The van der Waals surface area contributed by atoms with Crippen LogP contribution in [0, 0.1) is 5.95 Å². The zero-order chi connectivity index (χ0) is 17.8. The Morgan fingerprint density at radius 2 is 1.88 bits per heavy atom. The van der Waals surface area contributed by atoms with Gasteiger partial charge in [0.1, 0.15) is 0 Å². The van der Waals surface area contributed by atoms with E-state index in [1.165, 1.54) is 12.3 Å². The summed E-state index contributed by atoms with van der Waals surface area (Å²) in [5.41, 5.74) is 4.38. The van der Waals surface area contributed by atoms with Crippen LogP contribution in [0.25, 0.3) is 33.1 Å². The molecule has 1 aliphatic rings. The van der Waals surface area contributed by atoms with Gasteiger partial charge in [0.25, 0.3) is 0 Å². The van der Waals surface area contributed by atoms with Crippen LogP contribution in [0.1, 0.15) is 25.3 Å². The lowest BCUT2D eigenvalue weighted by Crippen LogP contribution is -2.29. The number of hydrogen-bond donors (Lipinski definition) is 0. The molecule has 130 valence electrons. The SMILES string of the molecule is Cn1c(=O)n(C2CCC2)c2c3cc(-c4ccc(F)nc4)ccc3ncc21. The summed E-state index contributed by atoms with van der Waals surface area (Å²) < 4.78 is 16.7. The monoisotopic (exact) mass is 348 g/mol. The van der Waals surface area contributed by atoms with E-state index in [4.69, 9.17) is 0 Å². The van der Waals surface area contributed by atoms with Crippen LogP contribution in [0.4, 0.5) is 4.39 Å². The second-order valence-electron chi connectivity index (χ2n) is 6.89. The normalized spacial score (nSPS) is 14.8. The van der Waals surface area contributed by atoms with Crippen molar-refractivity contribution in [3.8, 4) is 11.1 Å². The fraction of sp³-hybridized carbons (Fsp3) is 0.250. The number of hydrogen-bond acceptors (Lipinski definition) is 3. The van der Waals surface area contributed by atoms with E-state index in [-0.39, 0.29) is 11.7 Å². The van der Waals surface area contributed by atoms with Crippen LogP contribution in [-0.2, 0) is 7.05 Å². The summed E-state index contributed by atoms with van der Waals surface area (Å²) in [5.74, 6) is -0.500. The first kappa shape index (κ1) is 15.3. The summed E-state index contributed by atoms with van der Waals surface area (Å²) in [6.07, 6.45) is 6.51. The van der Waals surface area contributed by atoms with Gasteiger partial charge in [-0.2, -0.15) is 4.39 Å². The van der Waals surface area contributed by atoms with Crippen LogP contribution in [0.2, 0.25) is 0 Å². The van der Waals surface area contributed by atoms with Gasteiger partial charge in [-0.3, -0.25) is 14.1 Å². The van der Waals surface area contributed by atoms with Gasteiger partial charge < -0.3 is 0 Å². The first-order chi connectivity index (χ1) is 12.6. The molecule has 0 saturated heterocycles. The number of rotatable bonds is 2. The fourth-order valence-corrected chi connectivity index (χ4v) is 3.74. The molecule has 3 heterocycles. The molecule has 1 aromatic carbocycles. The number of nitrogens with zero attached hydrogens (tertiary/aromatic N) is 4. The maximum atomic E-state index is 13.1. The Labute approximate surface area is 148 Å². The van der Waals surface area contributed by atoms with Crippen LogP contribution in [0.5, 0.6) is 0 Å². The molecule has 26 heavy (non-hydrogen) atoms. The van der Waals surface area contributed by atoms with Gasteiger partial charge >= 0.3 is 5.69 Å². The third kappa shape index (κ3) is 2.11. The minimum Gasteiger partial charge on any atom is -0.293 e. The lowest BCUT2D eigenvalue weighted by atomic mass is 9.92. The number of imidazole rings is 1. The number of pyridine rings is 2. The summed E-state index contributed by atoms with van der Waals surface area (Å²) >= 11 is 0. The zero-order valence-corrected chi connectivity index (χ0v) is 14.3. The van der Waals surface area contributed by atoms with Gasteiger partial charge in [-0.1, -0.05) is 6.07 Å². The van der Waals surface area contributed by atoms with E-state index in [9.17, 15) is 9.18 Å². The predicted octanol–water partition coefficient (Wildman–Crippen LogP) is 3.81. The van der Waals surface area contributed by atoms with E-state index in [2.05, 4.69) is 9.97 Å². The quantitative estimate of drug-likeness (QED) is 0.518. The number of benzene rings is 1. The highest BCUT2D eigenvalue weighted by molar-refractivity contribution is 6.04. The fourth-order valence-electron chi connectivity index (χ4n) is 3.74. The molecule has 0 amide bonds. The average molecular weight is 348 g/mol. The molecule has 5 rings (SSSR count).